The van der Waals surface area contributed by atoms with Crippen molar-refractivity contribution in [2.75, 3.05) is 18.0 Å². The molecule has 0 amide bonds. The highest BCUT2D eigenvalue weighted by molar-refractivity contribution is 7.93. The van der Waals surface area contributed by atoms with Gasteiger partial charge in [-0.2, -0.15) is 0 Å². The molecule has 0 fully saturated rings. The number of rotatable bonds is 2. The maximum atomic E-state index is 12.3. The van der Waals surface area contributed by atoms with E-state index in [1.807, 2.05) is 38.1 Å². The average Bonchev–Trinajstić information content (AvgIpc) is 2.65. The van der Waals surface area contributed by atoms with Gasteiger partial charge in [0.2, 0.25) is 0 Å². The molecule has 0 atom stereocenters. The van der Waals surface area contributed by atoms with Crippen molar-refractivity contribution in [3.8, 4) is 0 Å². The van der Waals surface area contributed by atoms with E-state index in [4.69, 9.17) is 5.11 Å². The molecule has 0 spiro atoms. The summed E-state index contributed by atoms with van der Waals surface area (Å²) in [5.41, 5.74) is 1.56. The summed E-state index contributed by atoms with van der Waals surface area (Å²) < 4.78 is 25.9. The molecule has 2 aromatic carbocycles. The lowest BCUT2D eigenvalue weighted by Gasteiger charge is -2.10. The molecule has 0 bridgehead atoms. The van der Waals surface area contributed by atoms with Gasteiger partial charge in [0.1, 0.15) is 0 Å². The fourth-order valence-electron chi connectivity index (χ4n) is 2.44. The van der Waals surface area contributed by atoms with E-state index in [0.29, 0.717) is 11.3 Å². The van der Waals surface area contributed by atoms with Gasteiger partial charge < -0.3 is 5.11 Å². The molecule has 1 aliphatic rings. The Morgan fingerprint density at radius 1 is 1.20 bits per heavy atom. The van der Waals surface area contributed by atoms with Crippen molar-refractivity contribution in [1.29, 1.82) is 0 Å². The molecule has 4 nitrogen and oxygen atoms in total. The molecule has 2 aromatic rings. The third kappa shape index (κ3) is 2.07. The van der Waals surface area contributed by atoms with Crippen LogP contribution in [0, 0.1) is 0 Å². The second-order valence-electron chi connectivity index (χ2n) is 4.42. The summed E-state index contributed by atoms with van der Waals surface area (Å²) in [5.74, 6) is 0. The molecule has 0 aromatic heterocycles. The highest BCUT2D eigenvalue weighted by Gasteiger charge is 2.33. The van der Waals surface area contributed by atoms with Crippen molar-refractivity contribution < 1.29 is 13.5 Å². The van der Waals surface area contributed by atoms with Crippen LogP contribution in [0.3, 0.4) is 0 Å². The van der Waals surface area contributed by atoms with Crippen LogP contribution >= 0.6 is 0 Å². The summed E-state index contributed by atoms with van der Waals surface area (Å²) in [7, 11) is -1.86. The second-order valence-corrected chi connectivity index (χ2v) is 6.35. The van der Waals surface area contributed by atoms with E-state index in [1.165, 1.54) is 4.31 Å². The standard InChI is InChI=1S/C13H13NO3S.C2H6/c1-14-11-4-2-3-10-7-9(5-6-15)8-12(13(10)11)18(14,16)17;1-2/h2-4,7-8,15H,5-6H2,1H3;1-2H3. The van der Waals surface area contributed by atoms with Crippen LogP contribution in [0.1, 0.15) is 19.4 Å². The van der Waals surface area contributed by atoms with Gasteiger partial charge in [-0.15, -0.1) is 0 Å². The molecule has 0 saturated carbocycles. The van der Waals surface area contributed by atoms with E-state index >= 15 is 0 Å². The Bertz CT molecular complexity index is 738. The first kappa shape index (κ1) is 14.8. The summed E-state index contributed by atoms with van der Waals surface area (Å²) in [5, 5.41) is 10.7. The number of anilines is 1. The van der Waals surface area contributed by atoms with Gasteiger partial charge in [0.25, 0.3) is 10.0 Å². The lowest BCUT2D eigenvalue weighted by molar-refractivity contribution is 0.299. The van der Waals surface area contributed by atoms with Gasteiger partial charge in [0.15, 0.2) is 0 Å². The fourth-order valence-corrected chi connectivity index (χ4v) is 3.93. The first-order valence-corrected chi connectivity index (χ1v) is 8.15. The molecule has 0 saturated heterocycles. The number of hydrogen-bond acceptors (Lipinski definition) is 3. The van der Waals surface area contributed by atoms with Crippen LogP contribution in [0.5, 0.6) is 0 Å². The van der Waals surface area contributed by atoms with Crippen molar-refractivity contribution in [2.45, 2.75) is 25.2 Å². The molecule has 3 rings (SSSR count). The Labute approximate surface area is 119 Å². The van der Waals surface area contributed by atoms with Crippen molar-refractivity contribution >= 4 is 26.5 Å². The molecule has 1 aliphatic heterocycles. The third-order valence-electron chi connectivity index (χ3n) is 3.36. The SMILES string of the molecule is CC.CN1c2cccc3cc(CCO)cc(c23)S1(=O)=O. The number of hydrogen-bond donors (Lipinski definition) is 1. The summed E-state index contributed by atoms with van der Waals surface area (Å²) in [6.45, 7) is 4.01. The first-order chi connectivity index (χ1) is 9.55. The molecule has 1 heterocycles. The van der Waals surface area contributed by atoms with Crippen LogP contribution in [0.15, 0.2) is 35.2 Å². The van der Waals surface area contributed by atoms with Gasteiger partial charge in [-0.05, 0) is 29.5 Å². The van der Waals surface area contributed by atoms with E-state index in [0.717, 1.165) is 22.0 Å². The van der Waals surface area contributed by atoms with E-state index in [2.05, 4.69) is 0 Å². The van der Waals surface area contributed by atoms with Crippen molar-refractivity contribution in [3.63, 3.8) is 0 Å². The van der Waals surface area contributed by atoms with Gasteiger partial charge in [0.05, 0.1) is 10.6 Å². The smallest absolute Gasteiger partial charge is 0.264 e. The first-order valence-electron chi connectivity index (χ1n) is 6.71. The van der Waals surface area contributed by atoms with Crippen LogP contribution in [0.4, 0.5) is 5.69 Å². The number of aliphatic hydroxyl groups is 1. The topological polar surface area (TPSA) is 57.6 Å². The molecule has 0 radical (unpaired) electrons. The minimum Gasteiger partial charge on any atom is -0.396 e. The van der Waals surface area contributed by atoms with Gasteiger partial charge >= 0.3 is 0 Å². The van der Waals surface area contributed by atoms with Crippen LogP contribution in [0.25, 0.3) is 10.8 Å². The van der Waals surface area contributed by atoms with Gasteiger partial charge in [-0.1, -0.05) is 32.0 Å². The predicted octanol–water partition coefficient (Wildman–Crippen LogP) is 2.54. The lowest BCUT2D eigenvalue weighted by atomic mass is 10.0. The molecule has 20 heavy (non-hydrogen) atoms. The number of sulfonamides is 1. The zero-order valence-corrected chi connectivity index (χ0v) is 12.7. The van der Waals surface area contributed by atoms with Gasteiger partial charge in [0, 0.05) is 19.0 Å². The van der Waals surface area contributed by atoms with Crippen molar-refractivity contribution in [1.82, 2.24) is 0 Å². The summed E-state index contributed by atoms with van der Waals surface area (Å²) in [6.07, 6.45) is 0.465. The number of aliphatic hydroxyl groups excluding tert-OH is 1. The summed E-state index contributed by atoms with van der Waals surface area (Å²) in [6, 6.07) is 9.16. The van der Waals surface area contributed by atoms with E-state index in [-0.39, 0.29) is 6.61 Å². The average molecular weight is 293 g/mol. The molecule has 1 N–H and O–H groups in total. The summed E-state index contributed by atoms with van der Waals surface area (Å²) >= 11 is 0. The minimum atomic E-state index is -3.43. The molecule has 5 heteroatoms. The molecule has 0 unspecified atom stereocenters. The highest BCUT2D eigenvalue weighted by Crippen LogP contribution is 2.41. The minimum absolute atomic E-state index is 0.0144. The van der Waals surface area contributed by atoms with E-state index < -0.39 is 10.0 Å². The van der Waals surface area contributed by atoms with Crippen LogP contribution in [0.2, 0.25) is 0 Å². The second kappa shape index (κ2) is 5.42. The Balaban J connectivity index is 0.000000704. The van der Waals surface area contributed by atoms with E-state index in [1.54, 1.807) is 13.1 Å². The predicted molar refractivity (Wildman–Crippen MR) is 81.7 cm³/mol. The normalized spacial score (nSPS) is 15.1. The highest BCUT2D eigenvalue weighted by atomic mass is 32.2. The maximum absolute atomic E-state index is 12.3. The zero-order valence-electron chi connectivity index (χ0n) is 11.9. The quantitative estimate of drug-likeness (QED) is 0.925. The third-order valence-corrected chi connectivity index (χ3v) is 5.15. The molecular formula is C15H19NO3S. The van der Waals surface area contributed by atoms with Gasteiger partial charge in [-0.25, -0.2) is 8.42 Å². The fraction of sp³-hybridized carbons (Fsp3) is 0.333. The Kier molecular flexibility index (Phi) is 4.01. The molecular weight excluding hydrogens is 274 g/mol. The number of nitrogens with zero attached hydrogens (tertiary/aromatic N) is 1. The largest absolute Gasteiger partial charge is 0.396 e. The van der Waals surface area contributed by atoms with Crippen molar-refractivity contribution in [2.24, 2.45) is 0 Å². The Hall–Kier alpha value is -1.59. The Morgan fingerprint density at radius 2 is 1.90 bits per heavy atom. The molecule has 108 valence electrons. The monoisotopic (exact) mass is 293 g/mol. The van der Waals surface area contributed by atoms with E-state index in [9.17, 15) is 8.42 Å². The van der Waals surface area contributed by atoms with Crippen LogP contribution in [-0.2, 0) is 16.4 Å². The Morgan fingerprint density at radius 3 is 2.55 bits per heavy atom. The van der Waals surface area contributed by atoms with Crippen LogP contribution < -0.4 is 4.31 Å². The van der Waals surface area contributed by atoms with Crippen LogP contribution in [-0.4, -0.2) is 27.2 Å². The number of benzene rings is 2. The summed E-state index contributed by atoms with van der Waals surface area (Å²) in [4.78, 5) is 0.349. The maximum Gasteiger partial charge on any atom is 0.264 e. The zero-order chi connectivity index (χ0) is 14.9. The van der Waals surface area contributed by atoms with Crippen molar-refractivity contribution in [3.05, 3.63) is 35.9 Å². The lowest BCUT2D eigenvalue weighted by Crippen LogP contribution is -2.21. The van der Waals surface area contributed by atoms with Gasteiger partial charge in [-0.3, -0.25) is 4.31 Å². The molecule has 0 aliphatic carbocycles.